The van der Waals surface area contributed by atoms with E-state index in [1.165, 1.54) is 0 Å². The smallest absolute Gasteiger partial charge is 0.229 e. The highest BCUT2D eigenvalue weighted by Gasteiger charge is 2.04. The van der Waals surface area contributed by atoms with Gasteiger partial charge in [0.25, 0.3) is 0 Å². The predicted octanol–water partition coefficient (Wildman–Crippen LogP) is 4.93. The van der Waals surface area contributed by atoms with Gasteiger partial charge in [-0.3, -0.25) is 4.79 Å². The van der Waals surface area contributed by atoms with Crippen LogP contribution < -0.4 is 10.6 Å². The molecule has 0 radical (unpaired) electrons. The Hall–Kier alpha value is -2.73. The van der Waals surface area contributed by atoms with Crippen molar-refractivity contribution in [2.45, 2.75) is 6.92 Å². The lowest BCUT2D eigenvalue weighted by Gasteiger charge is -2.09. The summed E-state index contributed by atoms with van der Waals surface area (Å²) in [7, 11) is 0. The largest absolute Gasteiger partial charge is 0.339 e. The van der Waals surface area contributed by atoms with E-state index in [1.54, 1.807) is 31.3 Å². The Morgan fingerprint density at radius 2 is 1.75 bits per heavy atom. The van der Waals surface area contributed by atoms with E-state index in [-0.39, 0.29) is 5.78 Å². The molecule has 0 saturated carbocycles. The Balaban J connectivity index is 1.75. The van der Waals surface area contributed by atoms with E-state index in [0.29, 0.717) is 17.3 Å². The molecule has 0 atom stereocenters. The van der Waals surface area contributed by atoms with Crippen LogP contribution >= 0.6 is 15.9 Å². The number of halogens is 1. The molecule has 0 aliphatic rings. The fraction of sp³-hybridized carbons (Fsp3) is 0.0556. The van der Waals surface area contributed by atoms with Crippen LogP contribution in [-0.2, 0) is 0 Å². The standard InChI is InChI=1S/C18H15BrN4O/c1-12(24)13-6-8-14(9-7-13)21-18-20-11-10-17(23-18)22-16-5-3-2-4-15(16)19/h2-11H,1H3,(H2,20,21,22,23). The zero-order chi connectivity index (χ0) is 16.9. The number of para-hydroxylation sites is 1. The third kappa shape index (κ3) is 3.97. The van der Waals surface area contributed by atoms with Gasteiger partial charge in [-0.05, 0) is 65.3 Å². The molecule has 0 spiro atoms. The van der Waals surface area contributed by atoms with Gasteiger partial charge in [0.15, 0.2) is 5.78 Å². The maximum atomic E-state index is 11.3. The van der Waals surface area contributed by atoms with Crippen molar-refractivity contribution in [3.05, 3.63) is 70.8 Å². The average Bonchev–Trinajstić information content (AvgIpc) is 2.58. The first-order valence-corrected chi connectivity index (χ1v) is 8.14. The van der Waals surface area contributed by atoms with Crippen LogP contribution in [0.5, 0.6) is 0 Å². The average molecular weight is 383 g/mol. The molecule has 3 aromatic rings. The molecule has 5 nitrogen and oxygen atoms in total. The fourth-order valence-corrected chi connectivity index (χ4v) is 2.49. The van der Waals surface area contributed by atoms with Gasteiger partial charge >= 0.3 is 0 Å². The second-order valence-electron chi connectivity index (χ2n) is 5.13. The molecule has 6 heteroatoms. The third-order valence-electron chi connectivity index (χ3n) is 3.34. The van der Waals surface area contributed by atoms with Crippen LogP contribution in [0.15, 0.2) is 65.3 Å². The summed E-state index contributed by atoms with van der Waals surface area (Å²) >= 11 is 3.50. The second-order valence-corrected chi connectivity index (χ2v) is 5.98. The van der Waals surface area contributed by atoms with Crippen LogP contribution in [0.4, 0.5) is 23.1 Å². The van der Waals surface area contributed by atoms with Crippen molar-refractivity contribution in [1.29, 1.82) is 0 Å². The van der Waals surface area contributed by atoms with Crippen molar-refractivity contribution in [2.24, 2.45) is 0 Å². The van der Waals surface area contributed by atoms with Crippen molar-refractivity contribution in [2.75, 3.05) is 10.6 Å². The van der Waals surface area contributed by atoms with Crippen LogP contribution in [0.1, 0.15) is 17.3 Å². The highest BCUT2D eigenvalue weighted by atomic mass is 79.9. The quantitative estimate of drug-likeness (QED) is 0.612. The van der Waals surface area contributed by atoms with Gasteiger partial charge in [0.05, 0.1) is 5.69 Å². The van der Waals surface area contributed by atoms with E-state index in [2.05, 4.69) is 36.5 Å². The summed E-state index contributed by atoms with van der Waals surface area (Å²) in [5.41, 5.74) is 2.41. The van der Waals surface area contributed by atoms with E-state index < -0.39 is 0 Å². The highest BCUT2D eigenvalue weighted by Crippen LogP contribution is 2.25. The molecule has 1 aromatic heterocycles. The number of nitrogens with zero attached hydrogens (tertiary/aromatic N) is 2. The topological polar surface area (TPSA) is 66.9 Å². The molecule has 0 amide bonds. The molecular weight excluding hydrogens is 368 g/mol. The molecule has 0 unspecified atom stereocenters. The monoisotopic (exact) mass is 382 g/mol. The number of Topliss-reactive ketones (excluding diaryl/α,β-unsaturated/α-hetero) is 1. The first kappa shape index (κ1) is 16.1. The lowest BCUT2D eigenvalue weighted by Crippen LogP contribution is -2.01. The van der Waals surface area contributed by atoms with E-state index in [0.717, 1.165) is 15.8 Å². The summed E-state index contributed by atoms with van der Waals surface area (Å²) in [5, 5.41) is 6.37. The minimum atomic E-state index is 0.0393. The molecule has 0 aliphatic heterocycles. The normalized spacial score (nSPS) is 10.2. The Morgan fingerprint density at radius 3 is 2.46 bits per heavy atom. The number of nitrogens with one attached hydrogen (secondary N) is 2. The number of carbonyl (C=O) groups is 1. The molecule has 2 aromatic carbocycles. The van der Waals surface area contributed by atoms with E-state index in [4.69, 9.17) is 0 Å². The highest BCUT2D eigenvalue weighted by molar-refractivity contribution is 9.10. The summed E-state index contributed by atoms with van der Waals surface area (Å²) in [5.74, 6) is 1.19. The van der Waals surface area contributed by atoms with Gasteiger partial charge in [-0.1, -0.05) is 12.1 Å². The summed E-state index contributed by atoms with van der Waals surface area (Å²) in [6.07, 6.45) is 1.68. The van der Waals surface area contributed by atoms with Crippen molar-refractivity contribution >= 4 is 44.9 Å². The lowest BCUT2D eigenvalue weighted by molar-refractivity contribution is 0.101. The molecule has 0 saturated heterocycles. The van der Waals surface area contributed by atoms with Crippen LogP contribution in [0.25, 0.3) is 0 Å². The summed E-state index contributed by atoms with van der Waals surface area (Å²) < 4.78 is 0.956. The number of rotatable bonds is 5. The molecule has 3 rings (SSSR count). The second kappa shape index (κ2) is 7.23. The number of ketones is 1. The van der Waals surface area contributed by atoms with E-state index in [1.807, 2.05) is 36.4 Å². The zero-order valence-electron chi connectivity index (χ0n) is 13.0. The van der Waals surface area contributed by atoms with Crippen molar-refractivity contribution in [3.63, 3.8) is 0 Å². The van der Waals surface area contributed by atoms with E-state index in [9.17, 15) is 4.79 Å². The minimum absolute atomic E-state index is 0.0393. The SMILES string of the molecule is CC(=O)c1ccc(Nc2nccc(Nc3ccccc3Br)n2)cc1. The van der Waals surface area contributed by atoms with Crippen LogP contribution in [0, 0.1) is 0 Å². The molecule has 0 aliphatic carbocycles. The Morgan fingerprint density at radius 1 is 1.00 bits per heavy atom. The molecule has 0 fully saturated rings. The van der Waals surface area contributed by atoms with Gasteiger partial charge < -0.3 is 10.6 Å². The number of aromatic nitrogens is 2. The zero-order valence-corrected chi connectivity index (χ0v) is 14.5. The Bertz CT molecular complexity index is 865. The number of carbonyl (C=O) groups excluding carboxylic acids is 1. The van der Waals surface area contributed by atoms with E-state index >= 15 is 0 Å². The fourth-order valence-electron chi connectivity index (χ4n) is 2.11. The maximum Gasteiger partial charge on any atom is 0.229 e. The lowest BCUT2D eigenvalue weighted by atomic mass is 10.1. The molecule has 24 heavy (non-hydrogen) atoms. The summed E-state index contributed by atoms with van der Waals surface area (Å²) in [4.78, 5) is 20.0. The number of hydrogen-bond acceptors (Lipinski definition) is 5. The summed E-state index contributed by atoms with van der Waals surface area (Å²) in [6, 6.07) is 16.8. The molecule has 1 heterocycles. The molecule has 0 bridgehead atoms. The third-order valence-corrected chi connectivity index (χ3v) is 4.03. The first-order valence-electron chi connectivity index (χ1n) is 7.34. The number of benzene rings is 2. The Kier molecular flexibility index (Phi) is 4.86. The van der Waals surface area contributed by atoms with Crippen molar-refractivity contribution in [3.8, 4) is 0 Å². The van der Waals surface area contributed by atoms with Gasteiger partial charge in [-0.2, -0.15) is 4.98 Å². The van der Waals surface area contributed by atoms with Gasteiger partial charge in [0, 0.05) is 21.9 Å². The summed E-state index contributed by atoms with van der Waals surface area (Å²) in [6.45, 7) is 1.54. The van der Waals surface area contributed by atoms with Crippen molar-refractivity contribution < 1.29 is 4.79 Å². The predicted molar refractivity (Wildman–Crippen MR) is 99.2 cm³/mol. The van der Waals surface area contributed by atoms with Gasteiger partial charge in [0.2, 0.25) is 5.95 Å². The van der Waals surface area contributed by atoms with Gasteiger partial charge in [-0.15, -0.1) is 0 Å². The minimum Gasteiger partial charge on any atom is -0.339 e. The van der Waals surface area contributed by atoms with Gasteiger partial charge in [0.1, 0.15) is 5.82 Å². The van der Waals surface area contributed by atoms with Crippen LogP contribution in [0.2, 0.25) is 0 Å². The maximum absolute atomic E-state index is 11.3. The Labute approximate surface area is 148 Å². The molecule has 2 N–H and O–H groups in total. The van der Waals surface area contributed by atoms with Crippen LogP contribution in [0.3, 0.4) is 0 Å². The molecular formula is C18H15BrN4O. The number of hydrogen-bond donors (Lipinski definition) is 2. The molecule has 120 valence electrons. The van der Waals surface area contributed by atoms with Gasteiger partial charge in [-0.25, -0.2) is 4.98 Å². The number of anilines is 4. The first-order chi connectivity index (χ1) is 11.6. The van der Waals surface area contributed by atoms with Crippen LogP contribution in [-0.4, -0.2) is 15.8 Å². The van der Waals surface area contributed by atoms with Crippen molar-refractivity contribution in [1.82, 2.24) is 9.97 Å².